The fourth-order valence-electron chi connectivity index (χ4n) is 4.06. The maximum absolute atomic E-state index is 5.74. The molecule has 1 unspecified atom stereocenters. The summed E-state index contributed by atoms with van der Waals surface area (Å²) in [7, 11) is 3.53. The number of aromatic nitrogens is 1. The highest BCUT2D eigenvalue weighted by Crippen LogP contribution is 2.26. The molecule has 1 saturated heterocycles. The molecule has 0 spiro atoms. The lowest BCUT2D eigenvalue weighted by Crippen LogP contribution is -2.43. The molecular weight excluding hydrogens is 390 g/mol. The molecule has 7 nitrogen and oxygen atoms in total. The van der Waals surface area contributed by atoms with Gasteiger partial charge in [-0.25, -0.2) is 4.98 Å². The Labute approximate surface area is 186 Å². The first-order valence-corrected chi connectivity index (χ1v) is 11.2. The first kappa shape index (κ1) is 23.1. The van der Waals surface area contributed by atoms with E-state index in [2.05, 4.69) is 51.5 Å². The zero-order valence-corrected chi connectivity index (χ0v) is 19.8. The van der Waals surface area contributed by atoms with Crippen LogP contribution in [-0.4, -0.2) is 49.6 Å². The van der Waals surface area contributed by atoms with E-state index in [1.165, 1.54) is 5.56 Å². The van der Waals surface area contributed by atoms with E-state index < -0.39 is 0 Å². The van der Waals surface area contributed by atoms with E-state index in [4.69, 9.17) is 9.15 Å². The van der Waals surface area contributed by atoms with E-state index in [0.717, 1.165) is 73.6 Å². The lowest BCUT2D eigenvalue weighted by atomic mass is 9.97. The number of aliphatic imine (C=N–C) groups is 1. The number of benzene rings is 1. The summed E-state index contributed by atoms with van der Waals surface area (Å²) in [5.74, 6) is 4.10. The molecule has 1 aliphatic rings. The third-order valence-corrected chi connectivity index (χ3v) is 6.13. The van der Waals surface area contributed by atoms with Gasteiger partial charge in [-0.3, -0.25) is 9.89 Å². The Bertz CT molecular complexity index is 865. The largest absolute Gasteiger partial charge is 0.496 e. The summed E-state index contributed by atoms with van der Waals surface area (Å²) in [6, 6.07) is 6.35. The summed E-state index contributed by atoms with van der Waals surface area (Å²) < 4.78 is 11.3. The number of ether oxygens (including phenoxy) is 1. The molecule has 0 radical (unpaired) electrons. The van der Waals surface area contributed by atoms with Crippen LogP contribution in [0.25, 0.3) is 0 Å². The minimum absolute atomic E-state index is 0.0932. The van der Waals surface area contributed by atoms with Crippen LogP contribution in [0.15, 0.2) is 27.6 Å². The zero-order valence-electron chi connectivity index (χ0n) is 19.8. The molecule has 1 atom stereocenters. The Balaban J connectivity index is 1.45. The molecule has 2 heterocycles. The number of guanidine groups is 1. The summed E-state index contributed by atoms with van der Waals surface area (Å²) in [4.78, 5) is 11.4. The van der Waals surface area contributed by atoms with Gasteiger partial charge in [0.25, 0.3) is 0 Å². The first-order valence-electron chi connectivity index (χ1n) is 11.2. The molecule has 2 N–H and O–H groups in total. The zero-order chi connectivity index (χ0) is 22.4. The normalized spacial score (nSPS) is 16.9. The summed E-state index contributed by atoms with van der Waals surface area (Å²) >= 11 is 0. The highest BCUT2D eigenvalue weighted by atomic mass is 16.5. The monoisotopic (exact) mass is 427 g/mol. The standard InChI is InChI=1S/C24H37N5O2/c1-16-7-8-22(30-6)21(13-16)18(3)28-24(25-5)26-14-20-9-11-29(12-10-20)15-23-27-17(2)19(4)31-23/h7-8,13,18,20H,9-12,14-15H2,1-6H3,(H2,25,26,28). The van der Waals surface area contributed by atoms with Crippen molar-refractivity contribution in [3.8, 4) is 5.75 Å². The van der Waals surface area contributed by atoms with E-state index in [-0.39, 0.29) is 6.04 Å². The van der Waals surface area contributed by atoms with Crippen LogP contribution in [0.5, 0.6) is 5.75 Å². The average molecular weight is 428 g/mol. The van der Waals surface area contributed by atoms with Crippen LogP contribution in [0.1, 0.15) is 54.3 Å². The van der Waals surface area contributed by atoms with Crippen molar-refractivity contribution in [2.75, 3.05) is 33.8 Å². The molecule has 0 saturated carbocycles. The summed E-state index contributed by atoms with van der Waals surface area (Å²) in [6.07, 6.45) is 2.31. The number of rotatable bonds is 7. The summed E-state index contributed by atoms with van der Waals surface area (Å²) in [5.41, 5.74) is 3.34. The Morgan fingerprint density at radius 2 is 2.03 bits per heavy atom. The van der Waals surface area contributed by atoms with Gasteiger partial charge >= 0.3 is 0 Å². The van der Waals surface area contributed by atoms with Gasteiger partial charge in [-0.05, 0) is 65.6 Å². The van der Waals surface area contributed by atoms with Crippen LogP contribution in [0.3, 0.4) is 0 Å². The van der Waals surface area contributed by atoms with Gasteiger partial charge in [0.05, 0.1) is 25.4 Å². The van der Waals surface area contributed by atoms with Gasteiger partial charge in [0, 0.05) is 19.2 Å². The minimum atomic E-state index is 0.0932. The van der Waals surface area contributed by atoms with E-state index in [0.29, 0.717) is 5.92 Å². The van der Waals surface area contributed by atoms with Gasteiger partial charge in [-0.1, -0.05) is 17.7 Å². The molecule has 0 amide bonds. The minimum Gasteiger partial charge on any atom is -0.496 e. The molecule has 1 aromatic carbocycles. The van der Waals surface area contributed by atoms with Crippen LogP contribution in [-0.2, 0) is 6.54 Å². The maximum Gasteiger partial charge on any atom is 0.208 e. The second kappa shape index (κ2) is 10.7. The van der Waals surface area contributed by atoms with Gasteiger partial charge < -0.3 is 19.8 Å². The highest BCUT2D eigenvalue weighted by molar-refractivity contribution is 5.80. The van der Waals surface area contributed by atoms with E-state index in [9.17, 15) is 0 Å². The molecular formula is C24H37N5O2. The fourth-order valence-corrected chi connectivity index (χ4v) is 4.06. The number of aryl methyl sites for hydroxylation is 3. The number of hydrogen-bond donors (Lipinski definition) is 2. The maximum atomic E-state index is 5.74. The summed E-state index contributed by atoms with van der Waals surface area (Å²) in [6.45, 7) is 12.0. The smallest absolute Gasteiger partial charge is 0.208 e. The number of oxazole rings is 1. The quantitative estimate of drug-likeness (QED) is 0.518. The van der Waals surface area contributed by atoms with Crippen molar-refractivity contribution in [2.45, 2.75) is 53.1 Å². The van der Waals surface area contributed by atoms with Crippen LogP contribution >= 0.6 is 0 Å². The van der Waals surface area contributed by atoms with Crippen molar-refractivity contribution in [2.24, 2.45) is 10.9 Å². The van der Waals surface area contributed by atoms with Crippen molar-refractivity contribution in [1.82, 2.24) is 20.5 Å². The van der Waals surface area contributed by atoms with Gasteiger partial charge in [-0.2, -0.15) is 0 Å². The molecule has 3 rings (SSSR count). The molecule has 1 aromatic heterocycles. The second-order valence-electron chi connectivity index (χ2n) is 8.53. The highest BCUT2D eigenvalue weighted by Gasteiger charge is 2.21. The predicted molar refractivity (Wildman–Crippen MR) is 125 cm³/mol. The molecule has 2 aromatic rings. The molecule has 31 heavy (non-hydrogen) atoms. The van der Waals surface area contributed by atoms with Crippen LogP contribution in [0.2, 0.25) is 0 Å². The number of nitrogens with zero attached hydrogens (tertiary/aromatic N) is 3. The van der Waals surface area contributed by atoms with Crippen LogP contribution < -0.4 is 15.4 Å². The predicted octanol–water partition coefficient (Wildman–Crippen LogP) is 3.75. The fraction of sp³-hybridized carbons (Fsp3) is 0.583. The SMILES string of the molecule is CN=C(NCC1CCN(Cc2nc(C)c(C)o2)CC1)NC(C)c1cc(C)ccc1OC. The third-order valence-electron chi connectivity index (χ3n) is 6.13. The molecule has 1 fully saturated rings. The number of nitrogens with one attached hydrogen (secondary N) is 2. The molecule has 0 bridgehead atoms. The second-order valence-corrected chi connectivity index (χ2v) is 8.53. The van der Waals surface area contributed by atoms with Crippen molar-refractivity contribution >= 4 is 5.96 Å². The lowest BCUT2D eigenvalue weighted by molar-refractivity contribution is 0.164. The number of hydrogen-bond acceptors (Lipinski definition) is 5. The number of piperidine rings is 1. The Morgan fingerprint density at radius 3 is 2.65 bits per heavy atom. The Hall–Kier alpha value is -2.54. The van der Waals surface area contributed by atoms with Crippen molar-refractivity contribution in [3.63, 3.8) is 0 Å². The van der Waals surface area contributed by atoms with Crippen molar-refractivity contribution in [3.05, 3.63) is 46.7 Å². The Kier molecular flexibility index (Phi) is 7.96. The summed E-state index contributed by atoms with van der Waals surface area (Å²) in [5, 5.41) is 7.02. The van der Waals surface area contributed by atoms with Crippen molar-refractivity contribution in [1.29, 1.82) is 0 Å². The molecule has 170 valence electrons. The lowest BCUT2D eigenvalue weighted by Gasteiger charge is -2.31. The Morgan fingerprint density at radius 1 is 1.29 bits per heavy atom. The van der Waals surface area contributed by atoms with E-state index >= 15 is 0 Å². The van der Waals surface area contributed by atoms with E-state index in [1.54, 1.807) is 7.11 Å². The van der Waals surface area contributed by atoms with Gasteiger partial charge in [0.15, 0.2) is 5.96 Å². The number of likely N-dealkylation sites (tertiary alicyclic amines) is 1. The molecule has 7 heteroatoms. The molecule has 0 aliphatic carbocycles. The average Bonchev–Trinajstić information content (AvgIpc) is 3.08. The topological polar surface area (TPSA) is 74.9 Å². The van der Waals surface area contributed by atoms with Crippen molar-refractivity contribution < 1.29 is 9.15 Å². The van der Waals surface area contributed by atoms with Gasteiger partial charge in [0.2, 0.25) is 5.89 Å². The first-order chi connectivity index (χ1) is 14.9. The number of methoxy groups -OCH3 is 1. The van der Waals surface area contributed by atoms with Crippen LogP contribution in [0.4, 0.5) is 0 Å². The third kappa shape index (κ3) is 6.23. The van der Waals surface area contributed by atoms with Crippen LogP contribution in [0, 0.1) is 26.7 Å². The van der Waals surface area contributed by atoms with Gasteiger partial charge in [0.1, 0.15) is 11.5 Å². The molecule has 1 aliphatic heterocycles. The van der Waals surface area contributed by atoms with Gasteiger partial charge in [-0.15, -0.1) is 0 Å². The van der Waals surface area contributed by atoms with E-state index in [1.807, 2.05) is 27.0 Å².